The normalized spacial score (nSPS) is 9.72. The molecule has 0 radical (unpaired) electrons. The van der Waals surface area contributed by atoms with Crippen molar-refractivity contribution in [2.24, 2.45) is 5.73 Å². The fraction of sp³-hybridized carbons (Fsp3) is 0.143. The molecule has 0 amide bonds. The fourth-order valence-corrected chi connectivity index (χ4v) is 1.76. The van der Waals surface area contributed by atoms with Crippen LogP contribution in [0.15, 0.2) is 42.5 Å². The molecule has 0 saturated carbocycles. The number of benzene rings is 2. The van der Waals surface area contributed by atoms with Crippen molar-refractivity contribution in [2.45, 2.75) is 6.54 Å². The summed E-state index contributed by atoms with van der Waals surface area (Å²) in [6.45, 7) is 0.501. The molecule has 0 aliphatic heterocycles. The number of hydrogen-bond acceptors (Lipinski definition) is 2. The molecule has 0 saturated heterocycles. The van der Waals surface area contributed by atoms with Crippen molar-refractivity contribution >= 4 is 12.4 Å². The smallest absolute Gasteiger partial charge is 0.165 e. The summed E-state index contributed by atoms with van der Waals surface area (Å²) in [6.07, 6.45) is 0. The lowest BCUT2D eigenvalue weighted by Gasteiger charge is -2.09. The average molecular weight is 268 g/mol. The maximum Gasteiger partial charge on any atom is 0.165 e. The third-order valence-electron chi connectivity index (χ3n) is 2.67. The molecule has 0 atom stereocenters. The van der Waals surface area contributed by atoms with E-state index >= 15 is 0 Å². The van der Waals surface area contributed by atoms with Gasteiger partial charge >= 0.3 is 0 Å². The largest absolute Gasteiger partial charge is 0.493 e. The minimum atomic E-state index is -0.354. The second-order valence-corrected chi connectivity index (χ2v) is 3.72. The molecule has 2 N–H and O–H groups in total. The highest BCUT2D eigenvalue weighted by atomic mass is 35.5. The molecule has 0 bridgehead atoms. The summed E-state index contributed by atoms with van der Waals surface area (Å²) >= 11 is 0. The zero-order valence-electron chi connectivity index (χ0n) is 10.0. The highest BCUT2D eigenvalue weighted by Crippen LogP contribution is 2.32. The maximum atomic E-state index is 13.5. The third kappa shape index (κ3) is 2.81. The van der Waals surface area contributed by atoms with Crippen LogP contribution in [0.1, 0.15) is 5.56 Å². The van der Waals surface area contributed by atoms with Crippen molar-refractivity contribution in [3.63, 3.8) is 0 Å². The Kier molecular flexibility index (Phi) is 5.13. The Labute approximate surface area is 112 Å². The molecule has 2 aromatic rings. The molecule has 96 valence electrons. The van der Waals surface area contributed by atoms with Gasteiger partial charge in [0, 0.05) is 12.1 Å². The van der Waals surface area contributed by atoms with E-state index in [9.17, 15) is 4.39 Å². The summed E-state index contributed by atoms with van der Waals surface area (Å²) in [5.74, 6) is -0.0825. The van der Waals surface area contributed by atoms with E-state index in [2.05, 4.69) is 0 Å². The van der Waals surface area contributed by atoms with Crippen LogP contribution in [0, 0.1) is 5.82 Å². The molecule has 18 heavy (non-hydrogen) atoms. The Hall–Kier alpha value is -1.58. The molecule has 2 rings (SSSR count). The van der Waals surface area contributed by atoms with Gasteiger partial charge in [-0.3, -0.25) is 0 Å². The molecule has 0 spiro atoms. The van der Waals surface area contributed by atoms with Gasteiger partial charge in [0.05, 0.1) is 7.11 Å². The monoisotopic (exact) mass is 267 g/mol. The summed E-state index contributed by atoms with van der Waals surface area (Å²) < 4.78 is 18.6. The van der Waals surface area contributed by atoms with Crippen molar-refractivity contribution in [1.82, 2.24) is 0 Å². The van der Waals surface area contributed by atoms with Crippen LogP contribution in [-0.2, 0) is 6.54 Å². The molecule has 2 aromatic carbocycles. The first kappa shape index (κ1) is 14.5. The predicted octanol–water partition coefficient (Wildman–Crippen LogP) is 3.38. The van der Waals surface area contributed by atoms with Gasteiger partial charge in [-0.1, -0.05) is 36.4 Å². The molecular weight excluding hydrogens is 253 g/mol. The van der Waals surface area contributed by atoms with Crippen LogP contribution in [0.5, 0.6) is 5.75 Å². The third-order valence-corrected chi connectivity index (χ3v) is 2.67. The van der Waals surface area contributed by atoms with Gasteiger partial charge in [-0.25, -0.2) is 4.39 Å². The highest BCUT2D eigenvalue weighted by Gasteiger charge is 2.09. The second-order valence-electron chi connectivity index (χ2n) is 3.72. The summed E-state index contributed by atoms with van der Waals surface area (Å²) in [5, 5.41) is 0. The van der Waals surface area contributed by atoms with Gasteiger partial charge in [0.25, 0.3) is 0 Å². The van der Waals surface area contributed by atoms with Crippen molar-refractivity contribution in [2.75, 3.05) is 7.11 Å². The molecule has 0 aliphatic rings. The summed E-state index contributed by atoms with van der Waals surface area (Å²) in [7, 11) is 1.47. The lowest BCUT2D eigenvalue weighted by molar-refractivity contribution is 0.388. The van der Waals surface area contributed by atoms with Gasteiger partial charge < -0.3 is 10.5 Å². The maximum absolute atomic E-state index is 13.5. The number of halogens is 2. The van der Waals surface area contributed by atoms with Crippen LogP contribution in [-0.4, -0.2) is 7.11 Å². The fourth-order valence-electron chi connectivity index (χ4n) is 1.76. The predicted molar refractivity (Wildman–Crippen MR) is 73.5 cm³/mol. The first-order valence-corrected chi connectivity index (χ1v) is 5.38. The average Bonchev–Trinajstić information content (AvgIpc) is 2.38. The standard InChI is InChI=1S/C14H14FNO.ClH/c1-17-14-12(3-2-4-13(14)15)11-7-5-10(9-16)6-8-11;/h2-8H,9,16H2,1H3;1H. The topological polar surface area (TPSA) is 35.2 Å². The van der Waals surface area contributed by atoms with Crippen molar-refractivity contribution in [3.8, 4) is 16.9 Å². The Bertz CT molecular complexity index is 514. The van der Waals surface area contributed by atoms with Gasteiger partial charge in [-0.05, 0) is 17.2 Å². The second kappa shape index (κ2) is 6.38. The minimum Gasteiger partial charge on any atom is -0.493 e. The van der Waals surface area contributed by atoms with Crippen LogP contribution >= 0.6 is 12.4 Å². The van der Waals surface area contributed by atoms with Crippen LogP contribution in [0.25, 0.3) is 11.1 Å². The van der Waals surface area contributed by atoms with E-state index in [1.54, 1.807) is 6.07 Å². The Morgan fingerprint density at radius 2 is 1.78 bits per heavy atom. The summed E-state index contributed by atoms with van der Waals surface area (Å²) in [5.41, 5.74) is 8.24. The SMILES string of the molecule is COc1c(F)cccc1-c1ccc(CN)cc1.Cl. The zero-order valence-corrected chi connectivity index (χ0v) is 10.8. The van der Waals surface area contributed by atoms with Gasteiger partial charge in [-0.2, -0.15) is 0 Å². The molecule has 0 aliphatic carbocycles. The quantitative estimate of drug-likeness (QED) is 0.925. The van der Waals surface area contributed by atoms with E-state index in [0.717, 1.165) is 16.7 Å². The van der Waals surface area contributed by atoms with E-state index in [0.29, 0.717) is 6.54 Å². The molecule has 0 heterocycles. The molecule has 4 heteroatoms. The number of methoxy groups -OCH3 is 1. The Morgan fingerprint density at radius 1 is 1.11 bits per heavy atom. The number of rotatable bonds is 3. The van der Waals surface area contributed by atoms with Gasteiger partial charge in [-0.15, -0.1) is 12.4 Å². The number of para-hydroxylation sites is 1. The van der Waals surface area contributed by atoms with Crippen molar-refractivity contribution < 1.29 is 9.13 Å². The number of ether oxygens (including phenoxy) is 1. The first-order valence-electron chi connectivity index (χ1n) is 5.38. The van der Waals surface area contributed by atoms with E-state index in [4.69, 9.17) is 10.5 Å². The van der Waals surface area contributed by atoms with E-state index in [-0.39, 0.29) is 24.0 Å². The van der Waals surface area contributed by atoms with Crippen molar-refractivity contribution in [3.05, 3.63) is 53.8 Å². The van der Waals surface area contributed by atoms with Crippen LogP contribution < -0.4 is 10.5 Å². The lowest BCUT2D eigenvalue weighted by atomic mass is 10.0. The van der Waals surface area contributed by atoms with Crippen LogP contribution in [0.3, 0.4) is 0 Å². The van der Waals surface area contributed by atoms with E-state index < -0.39 is 0 Å². The number of nitrogens with two attached hydrogens (primary N) is 1. The van der Waals surface area contributed by atoms with E-state index in [1.165, 1.54) is 13.2 Å². The van der Waals surface area contributed by atoms with E-state index in [1.807, 2.05) is 30.3 Å². The van der Waals surface area contributed by atoms with Crippen LogP contribution in [0.4, 0.5) is 4.39 Å². The Morgan fingerprint density at radius 3 is 2.33 bits per heavy atom. The molecular formula is C14H15ClFNO. The zero-order chi connectivity index (χ0) is 12.3. The lowest BCUT2D eigenvalue weighted by Crippen LogP contribution is -1.96. The molecule has 2 nitrogen and oxygen atoms in total. The molecule has 0 fully saturated rings. The molecule has 0 unspecified atom stereocenters. The highest BCUT2D eigenvalue weighted by molar-refractivity contribution is 5.85. The Balaban J connectivity index is 0.00000162. The van der Waals surface area contributed by atoms with Gasteiger partial charge in [0.15, 0.2) is 11.6 Å². The summed E-state index contributed by atoms with van der Waals surface area (Å²) in [6, 6.07) is 12.6. The number of hydrogen-bond donors (Lipinski definition) is 1. The molecule has 0 aromatic heterocycles. The van der Waals surface area contributed by atoms with Gasteiger partial charge in [0.2, 0.25) is 0 Å². The van der Waals surface area contributed by atoms with Crippen molar-refractivity contribution in [1.29, 1.82) is 0 Å². The van der Waals surface area contributed by atoms with Gasteiger partial charge in [0.1, 0.15) is 0 Å². The van der Waals surface area contributed by atoms with Crippen LogP contribution in [0.2, 0.25) is 0 Å². The first-order chi connectivity index (χ1) is 8.26. The minimum absolute atomic E-state index is 0. The summed E-state index contributed by atoms with van der Waals surface area (Å²) in [4.78, 5) is 0.